The molecule has 100 valence electrons. The number of nitrogens with one attached hydrogen (secondary N) is 1. The number of carbonyl (C=O) groups is 2. The summed E-state index contributed by atoms with van der Waals surface area (Å²) in [5.74, 6) is -1.40. The molecule has 0 spiro atoms. The first-order chi connectivity index (χ1) is 8.97. The van der Waals surface area contributed by atoms with Crippen molar-refractivity contribution in [2.45, 2.75) is 20.4 Å². The highest BCUT2D eigenvalue weighted by Crippen LogP contribution is 2.14. The monoisotopic (exact) mass is 280 g/mol. The molecule has 0 fully saturated rings. The molecule has 2 aromatic heterocycles. The van der Waals surface area contributed by atoms with Crippen molar-refractivity contribution in [3.63, 3.8) is 0 Å². The third-order valence-corrected chi connectivity index (χ3v) is 3.25. The molecule has 0 unspecified atom stereocenters. The Labute approximate surface area is 112 Å². The van der Waals surface area contributed by atoms with Gasteiger partial charge in [-0.3, -0.25) is 10.1 Å². The summed E-state index contributed by atoms with van der Waals surface area (Å²) in [6.07, 6.45) is 0. The van der Waals surface area contributed by atoms with Crippen LogP contribution in [0.5, 0.6) is 0 Å². The largest absolute Gasteiger partial charge is 0.477 e. The number of aromatic carboxylic acids is 1. The fraction of sp³-hybridized carbons (Fsp3) is 0.273. The standard InChI is InChI=1S/C11H12N4O3S/c1-6-3-4-8(10(17)18)15(6)5-9(16)12-11-14-13-7(2)19-11/h3-4H,5H2,1-2H3,(H,17,18)(H,12,14,16). The van der Waals surface area contributed by atoms with Crippen molar-refractivity contribution >= 4 is 28.3 Å². The average Bonchev–Trinajstić information content (AvgIpc) is 2.87. The van der Waals surface area contributed by atoms with E-state index < -0.39 is 5.97 Å². The second-order valence-corrected chi connectivity index (χ2v) is 5.11. The maximum atomic E-state index is 11.8. The number of amides is 1. The van der Waals surface area contributed by atoms with Crippen LogP contribution in [0.2, 0.25) is 0 Å². The molecule has 0 radical (unpaired) electrons. The van der Waals surface area contributed by atoms with Gasteiger partial charge in [0.25, 0.3) is 0 Å². The molecule has 0 saturated heterocycles. The van der Waals surface area contributed by atoms with Gasteiger partial charge in [0.2, 0.25) is 11.0 Å². The highest BCUT2D eigenvalue weighted by atomic mass is 32.1. The molecule has 2 rings (SSSR count). The van der Waals surface area contributed by atoms with Gasteiger partial charge in [0, 0.05) is 5.69 Å². The van der Waals surface area contributed by atoms with Gasteiger partial charge >= 0.3 is 5.97 Å². The number of carboxylic acid groups (broad SMARTS) is 1. The minimum Gasteiger partial charge on any atom is -0.477 e. The van der Waals surface area contributed by atoms with Gasteiger partial charge in [0.15, 0.2) is 0 Å². The van der Waals surface area contributed by atoms with Crippen LogP contribution in [0.25, 0.3) is 0 Å². The summed E-state index contributed by atoms with van der Waals surface area (Å²) in [5.41, 5.74) is 0.794. The summed E-state index contributed by atoms with van der Waals surface area (Å²) < 4.78 is 1.44. The molecule has 0 bridgehead atoms. The lowest BCUT2D eigenvalue weighted by Gasteiger charge is -2.08. The lowest BCUT2D eigenvalue weighted by molar-refractivity contribution is -0.116. The molecule has 1 amide bonds. The summed E-state index contributed by atoms with van der Waals surface area (Å²) in [6.45, 7) is 3.46. The predicted octanol–water partition coefficient (Wildman–Crippen LogP) is 1.29. The molecule has 0 aliphatic rings. The van der Waals surface area contributed by atoms with Crippen molar-refractivity contribution in [2.24, 2.45) is 0 Å². The fourth-order valence-corrected chi connectivity index (χ4v) is 2.22. The number of nitrogens with zero attached hydrogens (tertiary/aromatic N) is 3. The zero-order chi connectivity index (χ0) is 14.0. The van der Waals surface area contributed by atoms with E-state index in [4.69, 9.17) is 5.11 Å². The van der Waals surface area contributed by atoms with Gasteiger partial charge in [-0.25, -0.2) is 4.79 Å². The number of hydrogen-bond donors (Lipinski definition) is 2. The van der Waals surface area contributed by atoms with Crippen LogP contribution in [0.1, 0.15) is 21.2 Å². The first kappa shape index (κ1) is 13.2. The molecule has 7 nitrogen and oxygen atoms in total. The topological polar surface area (TPSA) is 97.1 Å². The number of aromatic nitrogens is 3. The number of aryl methyl sites for hydroxylation is 2. The Bertz CT molecular complexity index is 632. The molecular weight excluding hydrogens is 268 g/mol. The third kappa shape index (κ3) is 2.97. The predicted molar refractivity (Wildman–Crippen MR) is 69.4 cm³/mol. The number of hydrogen-bond acceptors (Lipinski definition) is 5. The van der Waals surface area contributed by atoms with E-state index >= 15 is 0 Å². The minimum atomic E-state index is -1.06. The maximum absolute atomic E-state index is 11.8. The minimum absolute atomic E-state index is 0.0703. The molecule has 0 atom stereocenters. The van der Waals surface area contributed by atoms with Crippen LogP contribution in [0, 0.1) is 13.8 Å². The van der Waals surface area contributed by atoms with Gasteiger partial charge in [0.05, 0.1) is 0 Å². The van der Waals surface area contributed by atoms with Crippen LogP contribution in [0.3, 0.4) is 0 Å². The van der Waals surface area contributed by atoms with Gasteiger partial charge in [-0.05, 0) is 26.0 Å². The summed E-state index contributed by atoms with van der Waals surface area (Å²) in [4.78, 5) is 22.8. The Kier molecular flexibility index (Phi) is 3.61. The Morgan fingerprint density at radius 2 is 2.11 bits per heavy atom. The highest BCUT2D eigenvalue weighted by Gasteiger charge is 2.15. The Morgan fingerprint density at radius 1 is 1.37 bits per heavy atom. The second kappa shape index (κ2) is 5.19. The van der Waals surface area contributed by atoms with Gasteiger partial charge in [-0.1, -0.05) is 11.3 Å². The Hall–Kier alpha value is -2.22. The molecule has 0 saturated carbocycles. The van der Waals surface area contributed by atoms with E-state index in [0.29, 0.717) is 10.8 Å². The molecule has 0 aliphatic heterocycles. The summed E-state index contributed by atoms with van der Waals surface area (Å²) in [5, 5.41) is 20.3. The SMILES string of the molecule is Cc1nnc(NC(=O)Cn2c(C)ccc2C(=O)O)s1. The van der Waals surface area contributed by atoms with Crippen LogP contribution in [-0.2, 0) is 11.3 Å². The summed E-state index contributed by atoms with van der Waals surface area (Å²) in [7, 11) is 0. The lowest BCUT2D eigenvalue weighted by Crippen LogP contribution is -2.22. The first-order valence-electron chi connectivity index (χ1n) is 5.46. The maximum Gasteiger partial charge on any atom is 0.352 e. The van der Waals surface area contributed by atoms with Crippen molar-refractivity contribution in [3.05, 3.63) is 28.5 Å². The van der Waals surface area contributed by atoms with Gasteiger partial charge in [-0.15, -0.1) is 10.2 Å². The smallest absolute Gasteiger partial charge is 0.352 e. The average molecular weight is 280 g/mol. The zero-order valence-electron chi connectivity index (χ0n) is 10.4. The highest BCUT2D eigenvalue weighted by molar-refractivity contribution is 7.15. The van der Waals surface area contributed by atoms with Crippen molar-refractivity contribution in [2.75, 3.05) is 5.32 Å². The van der Waals surface area contributed by atoms with Crippen LogP contribution in [-0.4, -0.2) is 31.7 Å². The van der Waals surface area contributed by atoms with Crippen LogP contribution in [0.15, 0.2) is 12.1 Å². The van der Waals surface area contributed by atoms with Crippen LogP contribution < -0.4 is 5.32 Å². The number of carbonyl (C=O) groups excluding carboxylic acids is 1. The van der Waals surface area contributed by atoms with Gasteiger partial charge in [0.1, 0.15) is 17.2 Å². The molecule has 2 aromatic rings. The van der Waals surface area contributed by atoms with Gasteiger partial charge in [-0.2, -0.15) is 0 Å². The fourth-order valence-electron chi connectivity index (χ4n) is 1.62. The molecule has 0 aliphatic carbocycles. The molecule has 0 aromatic carbocycles. The van der Waals surface area contributed by atoms with E-state index in [2.05, 4.69) is 15.5 Å². The van der Waals surface area contributed by atoms with Gasteiger partial charge < -0.3 is 9.67 Å². The third-order valence-electron chi connectivity index (χ3n) is 2.49. The van der Waals surface area contributed by atoms with E-state index in [9.17, 15) is 9.59 Å². The van der Waals surface area contributed by atoms with E-state index in [1.165, 1.54) is 22.0 Å². The first-order valence-corrected chi connectivity index (χ1v) is 6.28. The van der Waals surface area contributed by atoms with Crippen molar-refractivity contribution < 1.29 is 14.7 Å². The van der Waals surface area contributed by atoms with Crippen molar-refractivity contribution in [1.29, 1.82) is 0 Å². The van der Waals surface area contributed by atoms with E-state index in [1.54, 1.807) is 19.9 Å². The lowest BCUT2D eigenvalue weighted by atomic mass is 10.4. The van der Waals surface area contributed by atoms with Crippen molar-refractivity contribution in [1.82, 2.24) is 14.8 Å². The normalized spacial score (nSPS) is 10.4. The Balaban J connectivity index is 2.11. The number of rotatable bonds is 4. The second-order valence-electron chi connectivity index (χ2n) is 3.93. The molecule has 2 N–H and O–H groups in total. The van der Waals surface area contributed by atoms with Crippen LogP contribution >= 0.6 is 11.3 Å². The molecule has 19 heavy (non-hydrogen) atoms. The Morgan fingerprint density at radius 3 is 2.68 bits per heavy atom. The molecule has 8 heteroatoms. The number of anilines is 1. The summed E-state index contributed by atoms with van der Waals surface area (Å²) >= 11 is 1.26. The van der Waals surface area contributed by atoms with Crippen LogP contribution in [0.4, 0.5) is 5.13 Å². The quantitative estimate of drug-likeness (QED) is 0.879. The van der Waals surface area contributed by atoms with E-state index in [0.717, 1.165) is 5.01 Å². The zero-order valence-corrected chi connectivity index (χ0v) is 11.2. The van der Waals surface area contributed by atoms with Crippen molar-refractivity contribution in [3.8, 4) is 0 Å². The number of carboxylic acids is 1. The summed E-state index contributed by atoms with van der Waals surface area (Å²) in [6, 6.07) is 3.13. The molecular formula is C11H12N4O3S. The van der Waals surface area contributed by atoms with E-state index in [-0.39, 0.29) is 18.1 Å². The molecule has 2 heterocycles. The van der Waals surface area contributed by atoms with E-state index in [1.807, 2.05) is 0 Å².